The summed E-state index contributed by atoms with van der Waals surface area (Å²) in [4.78, 5) is 20.6. The van der Waals surface area contributed by atoms with Crippen molar-refractivity contribution in [2.45, 2.75) is 51.4 Å². The normalized spacial score (nSPS) is 12.4. The van der Waals surface area contributed by atoms with Gasteiger partial charge < -0.3 is 19.8 Å². The molecule has 234 valence electrons. The number of halogens is 12. The van der Waals surface area contributed by atoms with Crippen molar-refractivity contribution in [2.75, 3.05) is 37.0 Å². The molecule has 0 saturated carbocycles. The van der Waals surface area contributed by atoms with Crippen molar-refractivity contribution >= 4 is 27.8 Å². The second-order valence-electron chi connectivity index (χ2n) is 8.29. The Balaban J connectivity index is 0. The van der Waals surface area contributed by atoms with Gasteiger partial charge in [0.15, 0.2) is 24.6 Å². The van der Waals surface area contributed by atoms with E-state index in [1.165, 1.54) is 12.1 Å². The quantitative estimate of drug-likeness (QED) is 0.235. The molecule has 18 heteroatoms. The van der Waals surface area contributed by atoms with Crippen molar-refractivity contribution in [1.29, 1.82) is 0 Å². The Morgan fingerprint density at radius 2 is 0.800 bits per heavy atom. The lowest BCUT2D eigenvalue weighted by Gasteiger charge is -2.13. The molecule has 0 bridgehead atoms. The molecule has 0 aliphatic rings. The minimum atomic E-state index is -4.46. The van der Waals surface area contributed by atoms with Crippen LogP contribution in [0.5, 0.6) is 0 Å². The summed E-state index contributed by atoms with van der Waals surface area (Å²) in [5, 5.41) is 20.6. The second kappa shape index (κ2) is 17.9. The van der Waals surface area contributed by atoms with E-state index in [2.05, 4.69) is 0 Å². The van der Waals surface area contributed by atoms with Crippen molar-refractivity contribution in [3.8, 4) is 0 Å². The maximum Gasteiger partial charge on any atom is 0.421 e. The van der Waals surface area contributed by atoms with Gasteiger partial charge in [0.2, 0.25) is 0 Å². The van der Waals surface area contributed by atoms with Crippen molar-refractivity contribution in [1.82, 2.24) is 0 Å². The first-order valence-corrected chi connectivity index (χ1v) is 15.6. The summed E-state index contributed by atoms with van der Waals surface area (Å²) in [6.45, 7) is 3.19. The Kier molecular flexibility index (Phi) is 18.0. The molecule has 0 atom stereocenters. The van der Waals surface area contributed by atoms with Crippen LogP contribution in [-0.2, 0) is 0 Å². The van der Waals surface area contributed by atoms with Crippen LogP contribution in [0.15, 0.2) is 24.3 Å². The first kappa shape index (κ1) is 40.3. The number of rotatable bonds is 10. The van der Waals surface area contributed by atoms with Crippen LogP contribution in [-0.4, -0.2) is 73.6 Å². The zero-order valence-electron chi connectivity index (χ0n) is 21.1. The van der Waals surface area contributed by atoms with Gasteiger partial charge in [-0.2, -0.15) is 52.7 Å². The van der Waals surface area contributed by atoms with Gasteiger partial charge in [-0.15, -0.1) is 0 Å². The molecule has 0 N–H and O–H groups in total. The third-order valence-corrected chi connectivity index (χ3v) is 10.4. The highest BCUT2D eigenvalue weighted by Gasteiger charge is 2.44. The van der Waals surface area contributed by atoms with E-state index in [1.54, 1.807) is 13.8 Å². The lowest BCUT2D eigenvalue weighted by Crippen LogP contribution is -2.29. The molecule has 0 spiro atoms. The number of carboxylic acid groups (broad SMARTS) is 2. The number of hydrogen-bond acceptors (Lipinski definition) is 4. The first-order valence-electron chi connectivity index (χ1n) is 11.4. The van der Waals surface area contributed by atoms with E-state index in [1.807, 2.05) is 0 Å². The SMILES string of the molecule is CCC[PH+](CC(F)(F)F)CC(F)(F)F.CCC[PH+](CC(F)(F)F)CC(F)(F)F.O=C([O-])c1ccccc1C(=O)[O-]. The van der Waals surface area contributed by atoms with Gasteiger partial charge in [-0.25, -0.2) is 0 Å². The van der Waals surface area contributed by atoms with E-state index >= 15 is 0 Å². The van der Waals surface area contributed by atoms with Gasteiger partial charge in [0.1, 0.15) is 0 Å². The molecule has 0 heterocycles. The lowest BCUT2D eigenvalue weighted by molar-refractivity contribution is -0.259. The van der Waals surface area contributed by atoms with Crippen molar-refractivity contribution in [3.05, 3.63) is 35.4 Å². The fraction of sp³-hybridized carbons (Fsp3) is 0.636. The highest BCUT2D eigenvalue weighted by atomic mass is 31.1. The predicted octanol–water partition coefficient (Wildman–Crippen LogP) is 5.88. The monoisotopic (exact) mass is 646 g/mol. The van der Waals surface area contributed by atoms with E-state index in [4.69, 9.17) is 0 Å². The van der Waals surface area contributed by atoms with Gasteiger partial charge in [-0.1, -0.05) is 38.1 Å². The summed E-state index contributed by atoms with van der Waals surface area (Å²) in [6.07, 6.45) is -22.0. The number of benzene rings is 1. The van der Waals surface area contributed by atoms with Crippen LogP contribution in [0.1, 0.15) is 47.4 Å². The summed E-state index contributed by atoms with van der Waals surface area (Å²) in [5.74, 6) is -3.04. The Bertz CT molecular complexity index is 781. The minimum Gasteiger partial charge on any atom is -0.545 e. The van der Waals surface area contributed by atoms with Gasteiger partial charge in [0.25, 0.3) is 0 Å². The molecule has 0 radical (unpaired) electrons. The van der Waals surface area contributed by atoms with Crippen molar-refractivity contribution < 1.29 is 72.5 Å². The fourth-order valence-electron chi connectivity index (χ4n) is 3.16. The van der Waals surface area contributed by atoms with Crippen LogP contribution in [0.3, 0.4) is 0 Å². The number of alkyl halides is 12. The highest BCUT2D eigenvalue weighted by molar-refractivity contribution is 7.58. The van der Waals surface area contributed by atoms with Gasteiger partial charge in [-0.3, -0.25) is 0 Å². The highest BCUT2D eigenvalue weighted by Crippen LogP contribution is 2.47. The molecule has 0 saturated heterocycles. The topological polar surface area (TPSA) is 80.3 Å². The summed E-state index contributed by atoms with van der Waals surface area (Å²) < 4.78 is 142. The number of carbonyl (C=O) groups excluding carboxylic acids is 2. The third-order valence-electron chi connectivity index (χ3n) is 4.38. The molecule has 4 nitrogen and oxygen atoms in total. The Morgan fingerprint density at radius 1 is 0.575 bits per heavy atom. The molecule has 1 rings (SSSR count). The number of aromatic carboxylic acids is 2. The van der Waals surface area contributed by atoms with Gasteiger partial charge in [0, 0.05) is 27.0 Å². The zero-order chi connectivity index (χ0) is 31.9. The Hall–Kier alpha value is -1.82. The largest absolute Gasteiger partial charge is 0.545 e. The molecule has 40 heavy (non-hydrogen) atoms. The molecule has 0 fully saturated rings. The molecular weight excluding hydrogens is 618 g/mol. The van der Waals surface area contributed by atoms with Gasteiger partial charge >= 0.3 is 24.7 Å². The maximum absolute atomic E-state index is 11.9. The minimum absolute atomic E-state index is 0.0592. The van der Waals surface area contributed by atoms with Crippen LogP contribution in [0, 0.1) is 0 Å². The molecule has 0 amide bonds. The Labute approximate surface area is 224 Å². The summed E-state index contributed by atoms with van der Waals surface area (Å²) in [6, 6.07) is 5.14. The smallest absolute Gasteiger partial charge is 0.421 e. The third kappa shape index (κ3) is 24.0. The van der Waals surface area contributed by atoms with E-state index < -0.39 is 77.1 Å². The fourth-order valence-corrected chi connectivity index (χ4v) is 7.80. The van der Waals surface area contributed by atoms with Gasteiger partial charge in [0.05, 0.1) is 24.3 Å². The van der Waals surface area contributed by atoms with E-state index in [-0.39, 0.29) is 23.5 Å². The predicted molar refractivity (Wildman–Crippen MR) is 126 cm³/mol. The average Bonchev–Trinajstić information content (AvgIpc) is 2.70. The molecule has 1 aromatic carbocycles. The van der Waals surface area contributed by atoms with Gasteiger partial charge in [-0.05, 0) is 12.8 Å². The van der Waals surface area contributed by atoms with Crippen LogP contribution in [0.4, 0.5) is 52.7 Å². The average molecular weight is 646 g/mol. The molecule has 0 aliphatic heterocycles. The van der Waals surface area contributed by atoms with Crippen molar-refractivity contribution in [3.63, 3.8) is 0 Å². The summed E-state index contributed by atoms with van der Waals surface area (Å²) >= 11 is 0. The van der Waals surface area contributed by atoms with Crippen molar-refractivity contribution in [2.24, 2.45) is 0 Å². The second-order valence-corrected chi connectivity index (χ2v) is 13.7. The number of carboxylic acids is 2. The van der Waals surface area contributed by atoms with Crippen LogP contribution in [0.25, 0.3) is 0 Å². The number of carbonyl (C=O) groups is 2. The molecule has 1 aromatic rings. The standard InChI is InChI=1S/C8H6O4.2C7H11F6P/c9-7(10)5-3-1-2-4-6(5)8(11)12;2*1-2-3-14(4-6(8,9)10)5-7(11,12)13/h1-4H,(H,9,10)(H,11,12);2*2-5H2,1H3. The van der Waals surface area contributed by atoms with E-state index in [0.717, 1.165) is 12.1 Å². The summed E-state index contributed by atoms with van der Waals surface area (Å²) in [5.41, 5.74) is -0.727. The Morgan fingerprint density at radius 3 is 0.950 bits per heavy atom. The summed E-state index contributed by atoms with van der Waals surface area (Å²) in [7, 11) is -4.72. The lowest BCUT2D eigenvalue weighted by atomic mass is 10.1. The molecule has 0 aliphatic carbocycles. The van der Waals surface area contributed by atoms with Crippen LogP contribution >= 0.6 is 15.8 Å². The number of hydrogen-bond donors (Lipinski definition) is 0. The van der Waals surface area contributed by atoms with E-state index in [0.29, 0.717) is 12.8 Å². The van der Waals surface area contributed by atoms with Crippen LogP contribution < -0.4 is 10.2 Å². The molecule has 0 aromatic heterocycles. The molecular formula is C22H28F12O4P2. The zero-order valence-corrected chi connectivity index (χ0v) is 23.1. The maximum atomic E-state index is 11.9. The van der Waals surface area contributed by atoms with Crippen LogP contribution in [0.2, 0.25) is 0 Å². The molecule has 0 unspecified atom stereocenters. The van der Waals surface area contributed by atoms with E-state index in [9.17, 15) is 72.5 Å². The first-order chi connectivity index (χ1) is 17.9.